The van der Waals surface area contributed by atoms with Crippen LogP contribution in [-0.4, -0.2) is 25.1 Å². The van der Waals surface area contributed by atoms with Crippen molar-refractivity contribution in [3.8, 4) is 0 Å². The van der Waals surface area contributed by atoms with Crippen molar-refractivity contribution in [2.75, 3.05) is 0 Å². The number of aromatic nitrogens is 5. The van der Waals surface area contributed by atoms with Gasteiger partial charge in [-0.1, -0.05) is 131 Å². The fraction of sp³-hybridized carbons (Fsp3) is 0.432. The molecule has 4 aromatic rings. The number of alkyl halides is 3. The Balaban J connectivity index is -0.000000240. The second-order valence-corrected chi connectivity index (χ2v) is 9.14. The maximum atomic E-state index is 11.9. The second kappa shape index (κ2) is 32.3. The molecule has 3 aromatic heterocycles. The Morgan fingerprint density at radius 3 is 1.63 bits per heavy atom. The fourth-order valence-corrected chi connectivity index (χ4v) is 2.47. The van der Waals surface area contributed by atoms with Gasteiger partial charge in [0.2, 0.25) is 0 Å². The molecule has 0 atom stereocenters. The van der Waals surface area contributed by atoms with Crippen LogP contribution in [0.2, 0.25) is 0 Å². The van der Waals surface area contributed by atoms with Crippen LogP contribution in [-0.2, 0) is 6.18 Å². The van der Waals surface area contributed by atoms with Gasteiger partial charge in [0.05, 0.1) is 5.69 Å². The van der Waals surface area contributed by atoms with Gasteiger partial charge in [0.1, 0.15) is 22.8 Å². The number of fused-ring (bicyclic) bond motifs is 1. The molecule has 0 fully saturated rings. The monoisotopic (exact) mass is 645 g/mol. The van der Waals surface area contributed by atoms with Crippen molar-refractivity contribution in [1.29, 1.82) is 0 Å². The number of allylic oxidation sites excluding steroid dienone is 4. The van der Waals surface area contributed by atoms with Gasteiger partial charge in [0.15, 0.2) is 0 Å². The van der Waals surface area contributed by atoms with Gasteiger partial charge in [0, 0.05) is 36.1 Å². The zero-order valence-corrected chi connectivity index (χ0v) is 30.4. The molecule has 0 amide bonds. The van der Waals surface area contributed by atoms with Gasteiger partial charge in [-0.15, -0.1) is 0 Å². The first-order valence-electron chi connectivity index (χ1n) is 15.7. The van der Waals surface area contributed by atoms with Crippen LogP contribution in [0.3, 0.4) is 0 Å². The third-order valence-corrected chi connectivity index (χ3v) is 4.08. The van der Waals surface area contributed by atoms with Crippen molar-refractivity contribution in [3.63, 3.8) is 0 Å². The highest BCUT2D eigenvalue weighted by atomic mass is 19.4. The van der Waals surface area contributed by atoms with Gasteiger partial charge >= 0.3 is 6.18 Å². The fourth-order valence-electron chi connectivity index (χ4n) is 2.47. The van der Waals surface area contributed by atoms with Gasteiger partial charge in [0.25, 0.3) is 0 Å². The summed E-state index contributed by atoms with van der Waals surface area (Å²) in [5.41, 5.74) is 1.01. The molecule has 0 saturated heterocycles. The zero-order valence-electron chi connectivity index (χ0n) is 30.4. The summed E-state index contributed by atoms with van der Waals surface area (Å²) < 4.78 is 40.9. The Labute approximate surface area is 277 Å². The first kappa shape index (κ1) is 48.8. The number of aryl methyl sites for hydroxylation is 2. The summed E-state index contributed by atoms with van der Waals surface area (Å²) in [5, 5.41) is 5.10. The Morgan fingerprint density at radius 1 is 0.761 bits per heavy atom. The summed E-state index contributed by atoms with van der Waals surface area (Å²) in [7, 11) is 0. The molecule has 0 N–H and O–H groups in total. The van der Waals surface area contributed by atoms with E-state index in [1.807, 2.05) is 84.9 Å². The molecular weight excluding hydrogens is 587 g/mol. The van der Waals surface area contributed by atoms with E-state index in [-0.39, 0.29) is 5.82 Å². The molecule has 4 rings (SSSR count). The number of hydrogen-bond donors (Lipinski definition) is 0. The number of benzene rings is 1. The van der Waals surface area contributed by atoms with E-state index in [4.69, 9.17) is 4.52 Å². The third-order valence-electron chi connectivity index (χ3n) is 4.08. The molecule has 1 aromatic carbocycles. The highest BCUT2D eigenvalue weighted by Crippen LogP contribution is 2.26. The first-order chi connectivity index (χ1) is 21.8. The lowest BCUT2D eigenvalue weighted by atomic mass is 10.1. The number of halogens is 3. The van der Waals surface area contributed by atoms with Crippen molar-refractivity contribution < 1.29 is 17.7 Å². The zero-order chi connectivity index (χ0) is 36.6. The van der Waals surface area contributed by atoms with Crippen molar-refractivity contribution >= 4 is 10.9 Å². The summed E-state index contributed by atoms with van der Waals surface area (Å²) >= 11 is 0. The molecular formula is C37H58F3N5O. The smallest absolute Gasteiger partial charge is 0.360 e. The lowest BCUT2D eigenvalue weighted by molar-refractivity contribution is -0.141. The molecule has 6 nitrogen and oxygen atoms in total. The number of hydrogen-bond acceptors (Lipinski definition) is 6. The van der Waals surface area contributed by atoms with Crippen molar-refractivity contribution in [1.82, 2.24) is 25.1 Å². The maximum absolute atomic E-state index is 11.9. The van der Waals surface area contributed by atoms with Crippen LogP contribution in [0, 0.1) is 19.8 Å². The van der Waals surface area contributed by atoms with E-state index < -0.39 is 11.9 Å². The normalized spacial score (nSPS) is 9.35. The van der Waals surface area contributed by atoms with Crippen LogP contribution in [0.25, 0.3) is 10.9 Å². The molecule has 0 aliphatic carbocycles. The van der Waals surface area contributed by atoms with E-state index >= 15 is 0 Å². The lowest BCUT2D eigenvalue weighted by Gasteiger charge is -2.04. The van der Waals surface area contributed by atoms with Crippen LogP contribution in [0.15, 0.2) is 97.1 Å². The van der Waals surface area contributed by atoms with E-state index in [2.05, 4.69) is 72.9 Å². The quantitative estimate of drug-likeness (QED) is 0.206. The van der Waals surface area contributed by atoms with E-state index in [1.54, 1.807) is 30.7 Å². The van der Waals surface area contributed by atoms with Gasteiger partial charge in [-0.25, -0.2) is 9.97 Å². The van der Waals surface area contributed by atoms with Gasteiger partial charge < -0.3 is 4.52 Å². The average molecular weight is 646 g/mol. The minimum Gasteiger partial charge on any atom is -0.360 e. The minimum absolute atomic E-state index is 0.125. The Hall–Kier alpha value is -4.14. The van der Waals surface area contributed by atoms with E-state index in [0.29, 0.717) is 5.92 Å². The average Bonchev–Trinajstić information content (AvgIpc) is 3.49. The Bertz CT molecular complexity index is 1260. The van der Waals surface area contributed by atoms with Crippen LogP contribution >= 0.6 is 0 Å². The highest BCUT2D eigenvalue weighted by Gasteiger charge is 2.32. The molecule has 0 radical (unpaired) electrons. The molecule has 0 bridgehead atoms. The summed E-state index contributed by atoms with van der Waals surface area (Å²) in [6.45, 7) is 33.0. The summed E-state index contributed by atoms with van der Waals surface area (Å²) in [5.74, 6) is 2.34. The van der Waals surface area contributed by atoms with E-state index in [9.17, 15) is 13.2 Å². The molecule has 258 valence electrons. The molecule has 0 aliphatic heterocycles. The van der Waals surface area contributed by atoms with Gasteiger partial charge in [-0.05, 0) is 38.0 Å². The van der Waals surface area contributed by atoms with E-state index in [0.717, 1.165) is 40.5 Å². The summed E-state index contributed by atoms with van der Waals surface area (Å²) in [6, 6.07) is 8.82. The number of nitrogens with zero attached hydrogens (tertiary/aromatic N) is 5. The molecule has 3 heterocycles. The second-order valence-electron chi connectivity index (χ2n) is 9.14. The third kappa shape index (κ3) is 27.4. The SMILES string of the molecule is C=C/C=C\C=C.CC.CC.CC.CC(C)C.CC(C)c1onc2ccccc12.Cc1cnccn1.Cc1nccc(C(F)(F)F)n1. The largest absolute Gasteiger partial charge is 0.433 e. The standard InChI is InChI=1S/C10H11NO.C6H5F3N2.C6H8.C5H6N2.C4H10.3C2H6/c1-7(2)10-8-5-3-4-6-9(8)11-12-10;1-4-10-3-2-5(11-4)6(7,8)9;1-3-5-6-4-2;1-5-4-6-2-3-7-5;1-4(2)3;3*1-2/h3-7H,1-2H3;2-3H,1H3;3-6H,1-2H2;2-4H,1H3;4H,1-3H3;3*1-2H3/b;;6-5-;;;;;. The Morgan fingerprint density at radius 2 is 1.28 bits per heavy atom. The predicted octanol–water partition coefficient (Wildman–Crippen LogP) is 12.2. The van der Waals surface area contributed by atoms with Crippen LogP contribution in [0.5, 0.6) is 0 Å². The first-order valence-corrected chi connectivity index (χ1v) is 15.7. The summed E-state index contributed by atoms with van der Waals surface area (Å²) in [6.07, 6.45) is 8.85. The van der Waals surface area contributed by atoms with Gasteiger partial charge in [-0.2, -0.15) is 13.2 Å². The summed E-state index contributed by atoms with van der Waals surface area (Å²) in [4.78, 5) is 14.5. The predicted molar refractivity (Wildman–Crippen MR) is 191 cm³/mol. The Kier molecular flexibility index (Phi) is 34.2. The topological polar surface area (TPSA) is 77.6 Å². The minimum atomic E-state index is -4.37. The lowest BCUT2D eigenvalue weighted by Crippen LogP contribution is -2.08. The highest BCUT2D eigenvalue weighted by molar-refractivity contribution is 5.80. The van der Waals surface area contributed by atoms with E-state index in [1.165, 1.54) is 6.92 Å². The van der Waals surface area contributed by atoms with Crippen molar-refractivity contribution in [3.05, 3.63) is 116 Å². The molecule has 46 heavy (non-hydrogen) atoms. The molecule has 0 unspecified atom stereocenters. The number of rotatable bonds is 3. The van der Waals surface area contributed by atoms with Crippen LogP contribution < -0.4 is 0 Å². The molecule has 0 saturated carbocycles. The molecule has 0 spiro atoms. The molecule has 9 heteroatoms. The maximum Gasteiger partial charge on any atom is 0.433 e. The van der Waals surface area contributed by atoms with Crippen molar-refractivity contribution in [2.24, 2.45) is 5.92 Å². The van der Waals surface area contributed by atoms with Crippen LogP contribution in [0.1, 0.15) is 105 Å². The molecule has 0 aliphatic rings. The van der Waals surface area contributed by atoms with Crippen LogP contribution in [0.4, 0.5) is 13.2 Å². The van der Waals surface area contributed by atoms with Crippen molar-refractivity contribution in [2.45, 2.75) is 102 Å². The van der Waals surface area contributed by atoms with Gasteiger partial charge in [-0.3, -0.25) is 9.97 Å².